The summed E-state index contributed by atoms with van der Waals surface area (Å²) in [5.41, 5.74) is 13.4. The Balaban J connectivity index is 2.60. The van der Waals surface area contributed by atoms with Crippen molar-refractivity contribution in [3.05, 3.63) is 23.3 Å². The van der Waals surface area contributed by atoms with E-state index in [-0.39, 0.29) is 6.04 Å². The minimum Gasteiger partial charge on any atom is -0.468 e. The maximum atomic E-state index is 11.1. The highest BCUT2D eigenvalue weighted by atomic mass is 16.5. The number of nitrogens with two attached hydrogens (primary N) is 2. The Bertz CT molecular complexity index is 402. The van der Waals surface area contributed by atoms with Gasteiger partial charge in [0.2, 0.25) is 0 Å². The molecule has 0 saturated heterocycles. The molecule has 1 aromatic rings. The maximum Gasteiger partial charge on any atom is 0.322 e. The van der Waals surface area contributed by atoms with E-state index in [0.29, 0.717) is 18.7 Å². The summed E-state index contributed by atoms with van der Waals surface area (Å²) in [6.45, 7) is 3.79. The van der Waals surface area contributed by atoms with E-state index in [0.717, 1.165) is 11.4 Å². The van der Waals surface area contributed by atoms with Crippen LogP contribution in [0.5, 0.6) is 0 Å². The van der Waals surface area contributed by atoms with Crippen molar-refractivity contribution in [3.8, 4) is 0 Å². The van der Waals surface area contributed by atoms with Crippen LogP contribution in [0.25, 0.3) is 0 Å². The van der Waals surface area contributed by atoms with E-state index < -0.39 is 12.0 Å². The number of methoxy groups -OCH3 is 1. The Morgan fingerprint density at radius 3 is 2.33 bits per heavy atom. The lowest BCUT2D eigenvalue weighted by atomic mass is 10.1. The zero-order chi connectivity index (χ0) is 13.7. The fraction of sp³-hybridized carbons (Fsp3) is 0.583. The molecule has 0 radical (unpaired) electrons. The van der Waals surface area contributed by atoms with Gasteiger partial charge in [0.1, 0.15) is 11.9 Å². The second-order valence-corrected chi connectivity index (χ2v) is 4.32. The number of esters is 1. The Morgan fingerprint density at radius 2 is 1.83 bits per heavy atom. The van der Waals surface area contributed by atoms with Gasteiger partial charge in [0, 0.05) is 11.4 Å². The van der Waals surface area contributed by atoms with Crippen LogP contribution >= 0.6 is 0 Å². The summed E-state index contributed by atoms with van der Waals surface area (Å²) in [4.78, 5) is 19.7. The number of aromatic nitrogens is 2. The quantitative estimate of drug-likeness (QED) is 0.734. The average Bonchev–Trinajstić information content (AvgIpc) is 2.33. The van der Waals surface area contributed by atoms with Gasteiger partial charge in [0.25, 0.3) is 0 Å². The van der Waals surface area contributed by atoms with Crippen LogP contribution in [0.4, 0.5) is 0 Å². The van der Waals surface area contributed by atoms with E-state index in [1.54, 1.807) is 0 Å². The van der Waals surface area contributed by atoms with Crippen molar-refractivity contribution >= 4 is 5.97 Å². The highest BCUT2D eigenvalue weighted by Crippen LogP contribution is 2.14. The third-order valence-electron chi connectivity index (χ3n) is 2.62. The van der Waals surface area contributed by atoms with Crippen molar-refractivity contribution in [2.75, 3.05) is 7.11 Å². The molecule has 0 fully saturated rings. The summed E-state index contributed by atoms with van der Waals surface area (Å²) >= 11 is 0. The Kier molecular flexibility index (Phi) is 5.18. The molecule has 4 N–H and O–H groups in total. The lowest BCUT2D eigenvalue weighted by Crippen LogP contribution is -2.32. The number of hydrogen-bond acceptors (Lipinski definition) is 6. The molecule has 0 spiro atoms. The molecule has 0 aliphatic heterocycles. The summed E-state index contributed by atoms with van der Waals surface area (Å²) in [5, 5.41) is 0. The summed E-state index contributed by atoms with van der Waals surface area (Å²) < 4.78 is 4.55. The molecule has 6 heteroatoms. The van der Waals surface area contributed by atoms with Crippen LogP contribution in [0.15, 0.2) is 6.07 Å². The molecule has 18 heavy (non-hydrogen) atoms. The molecular weight excluding hydrogens is 232 g/mol. The van der Waals surface area contributed by atoms with Crippen molar-refractivity contribution in [3.63, 3.8) is 0 Å². The topological polar surface area (TPSA) is 104 Å². The fourth-order valence-corrected chi connectivity index (χ4v) is 1.68. The zero-order valence-electron chi connectivity index (χ0n) is 11.0. The van der Waals surface area contributed by atoms with Crippen LogP contribution in [-0.2, 0) is 9.53 Å². The Hall–Kier alpha value is -1.53. The minimum absolute atomic E-state index is 0.320. The lowest BCUT2D eigenvalue weighted by molar-refractivity contribution is -0.142. The molecule has 6 nitrogen and oxygen atoms in total. The van der Waals surface area contributed by atoms with E-state index in [9.17, 15) is 4.79 Å². The zero-order valence-corrected chi connectivity index (χ0v) is 11.0. The van der Waals surface area contributed by atoms with Crippen molar-refractivity contribution in [1.29, 1.82) is 0 Å². The van der Waals surface area contributed by atoms with Gasteiger partial charge in [-0.15, -0.1) is 0 Å². The van der Waals surface area contributed by atoms with Gasteiger partial charge in [-0.3, -0.25) is 4.79 Å². The molecule has 1 rings (SSSR count). The molecule has 0 aliphatic carbocycles. The first-order valence-electron chi connectivity index (χ1n) is 5.85. The minimum atomic E-state index is -0.646. The summed E-state index contributed by atoms with van der Waals surface area (Å²) in [6, 6.07) is 0.919. The van der Waals surface area contributed by atoms with E-state index in [1.807, 2.05) is 19.9 Å². The number of rotatable bonds is 5. The number of hydrogen-bond donors (Lipinski definition) is 2. The van der Waals surface area contributed by atoms with Gasteiger partial charge in [-0.2, -0.15) is 0 Å². The van der Waals surface area contributed by atoms with Crippen LogP contribution in [0.2, 0.25) is 0 Å². The fourth-order valence-electron chi connectivity index (χ4n) is 1.68. The molecule has 0 aliphatic rings. The summed E-state index contributed by atoms with van der Waals surface area (Å²) in [5.74, 6) is 0.160. The molecule has 0 aromatic carbocycles. The molecule has 100 valence electrons. The van der Waals surface area contributed by atoms with E-state index in [4.69, 9.17) is 11.5 Å². The Morgan fingerprint density at radius 1 is 1.28 bits per heavy atom. The Labute approximate surface area is 107 Å². The van der Waals surface area contributed by atoms with Gasteiger partial charge < -0.3 is 16.2 Å². The largest absolute Gasteiger partial charge is 0.468 e. The molecule has 0 saturated carbocycles. The van der Waals surface area contributed by atoms with Crippen molar-refractivity contribution in [2.45, 2.75) is 38.8 Å². The lowest BCUT2D eigenvalue weighted by Gasteiger charge is -2.14. The highest BCUT2D eigenvalue weighted by molar-refractivity contribution is 5.75. The van der Waals surface area contributed by atoms with Crippen LogP contribution in [0, 0.1) is 13.8 Å². The second kappa shape index (κ2) is 6.42. The average molecular weight is 252 g/mol. The first-order chi connectivity index (χ1) is 8.43. The van der Waals surface area contributed by atoms with Gasteiger partial charge >= 0.3 is 5.97 Å². The van der Waals surface area contributed by atoms with Crippen LogP contribution in [0.3, 0.4) is 0 Å². The molecule has 1 unspecified atom stereocenters. The SMILES string of the molecule is COC(=O)[C@@H](N)CCC(N)c1nc(C)cc(C)n1. The predicted molar refractivity (Wildman–Crippen MR) is 67.7 cm³/mol. The van der Waals surface area contributed by atoms with Gasteiger partial charge in [0.05, 0.1) is 13.2 Å². The standard InChI is InChI=1S/C12H20N4O2/c1-7-6-8(2)16-11(15-7)9(13)4-5-10(14)12(17)18-3/h6,9-10H,4-5,13-14H2,1-3H3/t9?,10-/m0/s1. The van der Waals surface area contributed by atoms with Crippen molar-refractivity contribution in [2.24, 2.45) is 11.5 Å². The van der Waals surface area contributed by atoms with Crippen LogP contribution in [-0.4, -0.2) is 29.1 Å². The van der Waals surface area contributed by atoms with E-state index in [2.05, 4.69) is 14.7 Å². The molecule has 1 heterocycles. The number of carbonyl (C=O) groups excluding carboxylic acids is 1. The third-order valence-corrected chi connectivity index (χ3v) is 2.62. The van der Waals surface area contributed by atoms with E-state index >= 15 is 0 Å². The number of aryl methyl sites for hydroxylation is 2. The monoisotopic (exact) mass is 252 g/mol. The van der Waals surface area contributed by atoms with Gasteiger partial charge in [0.15, 0.2) is 0 Å². The molecule has 1 aromatic heterocycles. The third kappa shape index (κ3) is 4.05. The van der Waals surface area contributed by atoms with Crippen molar-refractivity contribution < 1.29 is 9.53 Å². The van der Waals surface area contributed by atoms with Crippen LogP contribution < -0.4 is 11.5 Å². The predicted octanol–water partition coefficient (Wildman–Crippen LogP) is 0.374. The first-order valence-corrected chi connectivity index (χ1v) is 5.85. The summed E-state index contributed by atoms with van der Waals surface area (Å²) in [7, 11) is 1.31. The first kappa shape index (κ1) is 14.5. The number of carbonyl (C=O) groups is 1. The van der Waals surface area contributed by atoms with Gasteiger partial charge in [-0.05, 0) is 32.8 Å². The van der Waals surface area contributed by atoms with Gasteiger partial charge in [-0.25, -0.2) is 9.97 Å². The molecule has 2 atom stereocenters. The molecule has 0 bridgehead atoms. The summed E-state index contributed by atoms with van der Waals surface area (Å²) in [6.07, 6.45) is 0.989. The van der Waals surface area contributed by atoms with E-state index in [1.165, 1.54) is 7.11 Å². The second-order valence-electron chi connectivity index (χ2n) is 4.32. The van der Waals surface area contributed by atoms with Crippen molar-refractivity contribution in [1.82, 2.24) is 9.97 Å². The smallest absolute Gasteiger partial charge is 0.322 e. The van der Waals surface area contributed by atoms with Crippen LogP contribution in [0.1, 0.15) is 36.1 Å². The highest BCUT2D eigenvalue weighted by Gasteiger charge is 2.17. The number of ether oxygens (including phenoxy) is 1. The molecular formula is C12H20N4O2. The molecule has 0 amide bonds. The normalized spacial score (nSPS) is 14.1. The van der Waals surface area contributed by atoms with Gasteiger partial charge in [-0.1, -0.05) is 0 Å². The number of nitrogens with zero attached hydrogens (tertiary/aromatic N) is 2. The maximum absolute atomic E-state index is 11.1.